The van der Waals surface area contributed by atoms with Gasteiger partial charge in [-0.3, -0.25) is 9.89 Å². The lowest BCUT2D eigenvalue weighted by Gasteiger charge is -2.17. The quantitative estimate of drug-likeness (QED) is 0.116. The van der Waals surface area contributed by atoms with Gasteiger partial charge < -0.3 is 24.5 Å². The molecule has 10 nitrogen and oxygen atoms in total. The van der Waals surface area contributed by atoms with E-state index >= 15 is 4.39 Å². The van der Waals surface area contributed by atoms with E-state index in [1.807, 2.05) is 41.3 Å². The Balaban J connectivity index is 1.62. The monoisotopic (exact) mass is 644 g/mol. The minimum Gasteiger partial charge on any atom is -0.490 e. The number of rotatable bonds is 11. The number of benzene rings is 2. The SMILES string of the molecule is C=CC(=O)N[C@H](C)c1cc(-c2nc(-c3ccc4c(c3)nc(CO)n4C)c3ccsc3c2-c2c(F)cc(F)cc2OCCOC)n[nH]1. The van der Waals surface area contributed by atoms with Crippen molar-refractivity contribution in [3.8, 4) is 39.5 Å². The lowest BCUT2D eigenvalue weighted by atomic mass is 9.96. The van der Waals surface area contributed by atoms with Gasteiger partial charge in [0.05, 0.1) is 40.6 Å². The lowest BCUT2D eigenvalue weighted by molar-refractivity contribution is -0.117. The summed E-state index contributed by atoms with van der Waals surface area (Å²) in [4.78, 5) is 21.6. The summed E-state index contributed by atoms with van der Waals surface area (Å²) in [6.45, 7) is 5.34. The summed E-state index contributed by atoms with van der Waals surface area (Å²) in [7, 11) is 3.34. The van der Waals surface area contributed by atoms with Gasteiger partial charge in [-0.1, -0.05) is 12.6 Å². The van der Waals surface area contributed by atoms with Gasteiger partial charge in [-0.05, 0) is 42.6 Å². The maximum Gasteiger partial charge on any atom is 0.243 e. The molecule has 0 fully saturated rings. The third-order valence-corrected chi connectivity index (χ3v) is 8.59. The summed E-state index contributed by atoms with van der Waals surface area (Å²) in [6, 6.07) is 10.8. The van der Waals surface area contributed by atoms with Crippen molar-refractivity contribution in [2.24, 2.45) is 7.05 Å². The average molecular weight is 645 g/mol. The fraction of sp³-hybridized carbons (Fsp3) is 0.212. The molecule has 0 bridgehead atoms. The zero-order chi connectivity index (χ0) is 32.5. The minimum absolute atomic E-state index is 0.00568. The summed E-state index contributed by atoms with van der Waals surface area (Å²) in [5.41, 5.74) is 4.51. The maximum atomic E-state index is 15.9. The second-order valence-electron chi connectivity index (χ2n) is 10.5. The van der Waals surface area contributed by atoms with Crippen LogP contribution in [0.25, 0.3) is 54.9 Å². The number of fused-ring (bicyclic) bond motifs is 2. The second kappa shape index (κ2) is 12.8. The number of aliphatic hydroxyl groups excluding tert-OH is 1. The van der Waals surface area contributed by atoms with Gasteiger partial charge in [-0.2, -0.15) is 5.10 Å². The number of thiophene rings is 1. The van der Waals surface area contributed by atoms with Crippen molar-refractivity contribution in [3.05, 3.63) is 83.7 Å². The van der Waals surface area contributed by atoms with Gasteiger partial charge in [0, 0.05) is 47.5 Å². The number of methoxy groups -OCH3 is 1. The van der Waals surface area contributed by atoms with Crippen LogP contribution in [0.15, 0.2) is 60.5 Å². The van der Waals surface area contributed by atoms with E-state index in [4.69, 9.17) is 14.5 Å². The van der Waals surface area contributed by atoms with Crippen molar-refractivity contribution < 1.29 is 28.2 Å². The van der Waals surface area contributed by atoms with Crippen LogP contribution in [0, 0.1) is 11.6 Å². The predicted molar refractivity (Wildman–Crippen MR) is 172 cm³/mol. The Hall–Kier alpha value is -4.98. The van der Waals surface area contributed by atoms with Crippen molar-refractivity contribution in [2.75, 3.05) is 20.3 Å². The fourth-order valence-corrected chi connectivity index (χ4v) is 6.32. The molecule has 0 aliphatic heterocycles. The average Bonchev–Trinajstić information content (AvgIpc) is 3.80. The number of aromatic amines is 1. The van der Waals surface area contributed by atoms with E-state index < -0.39 is 17.7 Å². The highest BCUT2D eigenvalue weighted by Crippen LogP contribution is 2.47. The molecule has 0 unspecified atom stereocenters. The first-order valence-corrected chi connectivity index (χ1v) is 15.2. The van der Waals surface area contributed by atoms with Gasteiger partial charge in [0.2, 0.25) is 5.91 Å². The highest BCUT2D eigenvalue weighted by Gasteiger charge is 2.27. The number of aryl methyl sites for hydroxylation is 1. The number of ether oxygens (including phenoxy) is 2. The molecule has 0 saturated carbocycles. The number of pyridine rings is 1. The molecule has 236 valence electrons. The third kappa shape index (κ3) is 5.64. The molecule has 13 heteroatoms. The molecule has 4 heterocycles. The highest BCUT2D eigenvalue weighted by molar-refractivity contribution is 7.18. The van der Waals surface area contributed by atoms with E-state index in [1.54, 1.807) is 13.0 Å². The molecule has 0 radical (unpaired) electrons. The summed E-state index contributed by atoms with van der Waals surface area (Å²) in [6.07, 6.45) is 1.18. The molecular formula is C33H30F2N6O4S. The third-order valence-electron chi connectivity index (χ3n) is 7.66. The van der Waals surface area contributed by atoms with E-state index in [0.29, 0.717) is 44.4 Å². The van der Waals surface area contributed by atoms with Gasteiger partial charge in [-0.15, -0.1) is 11.3 Å². The summed E-state index contributed by atoms with van der Waals surface area (Å²) >= 11 is 1.38. The number of amides is 1. The Morgan fingerprint density at radius 1 is 1.15 bits per heavy atom. The molecule has 6 aromatic rings. The normalized spacial score (nSPS) is 12.1. The van der Waals surface area contributed by atoms with E-state index in [1.165, 1.54) is 24.5 Å². The van der Waals surface area contributed by atoms with Crippen molar-refractivity contribution in [1.82, 2.24) is 30.0 Å². The van der Waals surface area contributed by atoms with Crippen LogP contribution < -0.4 is 10.1 Å². The van der Waals surface area contributed by atoms with Crippen LogP contribution in [0.2, 0.25) is 0 Å². The van der Waals surface area contributed by atoms with E-state index in [9.17, 15) is 14.3 Å². The van der Waals surface area contributed by atoms with Gasteiger partial charge in [0.1, 0.15) is 47.8 Å². The topological polar surface area (TPSA) is 127 Å². The number of carbonyl (C=O) groups is 1. The molecule has 6 rings (SSSR count). The standard InChI is InChI=1S/C33H30F2N6O4S/c1-5-28(43)36-17(2)22-15-24(40-39-22)32-30(29-21(35)13-19(34)14-26(29)45-10-9-44-4)33-20(8-11-46-33)31(38-32)18-6-7-25-23(12-18)37-27(16-42)41(25)3/h5-8,11-15,17,42H,1,9-10,16H2,2-4H3,(H,36,43)(H,39,40)/t17-/m1/s1. The number of aromatic nitrogens is 5. The zero-order valence-corrected chi connectivity index (χ0v) is 26.0. The number of hydrogen-bond acceptors (Lipinski definition) is 8. The number of H-pyrrole nitrogens is 1. The number of halogens is 2. The van der Waals surface area contributed by atoms with Crippen LogP contribution in [0.3, 0.4) is 0 Å². The molecule has 3 N–H and O–H groups in total. The van der Waals surface area contributed by atoms with Crippen molar-refractivity contribution >= 4 is 38.4 Å². The molecule has 1 atom stereocenters. The Bertz CT molecular complexity index is 2100. The van der Waals surface area contributed by atoms with Crippen LogP contribution in [0.5, 0.6) is 5.75 Å². The fourth-order valence-electron chi connectivity index (χ4n) is 5.37. The Labute approximate surface area is 266 Å². The summed E-state index contributed by atoms with van der Waals surface area (Å²) in [5, 5.41) is 22.6. The van der Waals surface area contributed by atoms with Crippen molar-refractivity contribution in [1.29, 1.82) is 0 Å². The first-order valence-electron chi connectivity index (χ1n) is 14.3. The summed E-state index contributed by atoms with van der Waals surface area (Å²) in [5.74, 6) is -1.46. The molecule has 0 aliphatic rings. The van der Waals surface area contributed by atoms with Crippen LogP contribution >= 0.6 is 11.3 Å². The van der Waals surface area contributed by atoms with Crippen LogP contribution in [-0.2, 0) is 23.2 Å². The molecule has 0 spiro atoms. The Kier molecular flexibility index (Phi) is 8.63. The highest BCUT2D eigenvalue weighted by atomic mass is 32.1. The summed E-state index contributed by atoms with van der Waals surface area (Å²) < 4.78 is 43.9. The van der Waals surface area contributed by atoms with E-state index in [0.717, 1.165) is 28.6 Å². The lowest BCUT2D eigenvalue weighted by Crippen LogP contribution is -2.24. The Morgan fingerprint density at radius 2 is 1.98 bits per heavy atom. The number of imidazole rings is 1. The molecule has 4 aromatic heterocycles. The van der Waals surface area contributed by atoms with Crippen molar-refractivity contribution in [3.63, 3.8) is 0 Å². The zero-order valence-electron chi connectivity index (χ0n) is 25.2. The maximum absolute atomic E-state index is 15.9. The van der Waals surface area contributed by atoms with E-state index in [-0.39, 0.29) is 37.0 Å². The minimum atomic E-state index is -0.827. The first kappa shape index (κ1) is 31.0. The van der Waals surface area contributed by atoms with Gasteiger partial charge in [-0.25, -0.2) is 18.7 Å². The number of hydrogen-bond donors (Lipinski definition) is 3. The first-order chi connectivity index (χ1) is 22.2. The van der Waals surface area contributed by atoms with Gasteiger partial charge >= 0.3 is 0 Å². The van der Waals surface area contributed by atoms with Gasteiger partial charge in [0.15, 0.2) is 0 Å². The largest absolute Gasteiger partial charge is 0.490 e. The Morgan fingerprint density at radius 3 is 2.74 bits per heavy atom. The van der Waals surface area contributed by atoms with Crippen LogP contribution in [0.4, 0.5) is 8.78 Å². The molecular weight excluding hydrogens is 614 g/mol. The van der Waals surface area contributed by atoms with Crippen LogP contribution in [0.1, 0.15) is 24.5 Å². The smallest absolute Gasteiger partial charge is 0.243 e. The van der Waals surface area contributed by atoms with Crippen molar-refractivity contribution in [2.45, 2.75) is 19.6 Å². The number of carbonyl (C=O) groups excluding carboxylic acids is 1. The molecule has 46 heavy (non-hydrogen) atoms. The van der Waals surface area contributed by atoms with Crippen LogP contribution in [-0.4, -0.2) is 56.1 Å². The molecule has 1 amide bonds. The molecule has 0 saturated heterocycles. The van der Waals surface area contributed by atoms with Gasteiger partial charge in [0.25, 0.3) is 0 Å². The number of aliphatic hydroxyl groups is 1. The number of nitrogens with zero attached hydrogens (tertiary/aromatic N) is 4. The number of nitrogens with one attached hydrogen (secondary N) is 2. The second-order valence-corrected chi connectivity index (χ2v) is 11.5. The molecule has 2 aromatic carbocycles. The predicted octanol–water partition coefficient (Wildman–Crippen LogP) is 6.07. The molecule has 0 aliphatic carbocycles. The van der Waals surface area contributed by atoms with E-state index in [2.05, 4.69) is 27.1 Å².